The molecule has 0 aliphatic heterocycles. The number of amides is 1. The van der Waals surface area contributed by atoms with E-state index < -0.39 is 5.91 Å². The van der Waals surface area contributed by atoms with E-state index in [2.05, 4.69) is 11.1 Å². The molecule has 1 aromatic heterocycles. The van der Waals surface area contributed by atoms with Crippen molar-refractivity contribution in [3.05, 3.63) is 53.2 Å². The zero-order valence-corrected chi connectivity index (χ0v) is 19.7. The maximum Gasteiger partial charge on any atom is 0.303 e. The van der Waals surface area contributed by atoms with Gasteiger partial charge in [-0.25, -0.2) is 4.98 Å². The Morgan fingerprint density at radius 3 is 2.19 bits per heavy atom. The molecule has 0 bridgehead atoms. The summed E-state index contributed by atoms with van der Waals surface area (Å²) in [4.78, 5) is 25.4. The Hall–Kier alpha value is -2.89. The molecule has 1 heterocycles. The highest BCUT2D eigenvalue weighted by Crippen LogP contribution is 2.31. The monoisotopic (exact) mass is 428 g/mol. The molecule has 2 aromatic rings. The normalized spacial score (nSPS) is 12.6. The van der Waals surface area contributed by atoms with E-state index in [1.807, 2.05) is 46.8 Å². The minimum Gasteiger partial charge on any atom is -0.460 e. The molecule has 0 fully saturated rings. The topological polar surface area (TPSA) is 91.5 Å². The molecule has 1 aliphatic carbocycles. The zero-order valence-electron chi connectivity index (χ0n) is 19.7. The van der Waals surface area contributed by atoms with Gasteiger partial charge in [0.05, 0.1) is 5.56 Å². The minimum atomic E-state index is -0.484. The smallest absolute Gasteiger partial charge is 0.303 e. The number of nitrogens with zero attached hydrogens (tertiary/aromatic N) is 1. The highest BCUT2D eigenvalue weighted by molar-refractivity contribution is 5.92. The van der Waals surface area contributed by atoms with Gasteiger partial charge in [-0.1, -0.05) is 32.4 Å². The van der Waals surface area contributed by atoms with Crippen molar-refractivity contribution < 1.29 is 19.1 Å². The largest absolute Gasteiger partial charge is 0.460 e. The fourth-order valence-corrected chi connectivity index (χ4v) is 3.15. The number of esters is 1. The van der Waals surface area contributed by atoms with Gasteiger partial charge in [-0.3, -0.25) is 9.59 Å². The van der Waals surface area contributed by atoms with Crippen LogP contribution in [0.4, 0.5) is 0 Å². The van der Waals surface area contributed by atoms with E-state index in [1.165, 1.54) is 43.5 Å². The third kappa shape index (κ3) is 9.64. The lowest BCUT2D eigenvalue weighted by molar-refractivity contribution is -0.151. The van der Waals surface area contributed by atoms with Gasteiger partial charge in [0, 0.05) is 19.2 Å². The van der Waals surface area contributed by atoms with E-state index in [0.717, 1.165) is 18.6 Å². The van der Waals surface area contributed by atoms with Crippen molar-refractivity contribution in [2.24, 2.45) is 5.73 Å². The standard InChI is InChI=1S/C17H18N2O2.C6H12O2.C2H6/c18-17(20)13-9-10-16(19-11-13)21-15-8-4-6-12-5-2-1-3-7-14(12)15;1-5(7)8-6(2,3)4;1-2/h4,6,8-11H,1-3,5,7H2,(H2,18,20);1-4H3;1-2H3. The fraction of sp³-hybridized carbons (Fsp3) is 0.480. The van der Waals surface area contributed by atoms with Gasteiger partial charge in [-0.15, -0.1) is 0 Å². The van der Waals surface area contributed by atoms with E-state index in [4.69, 9.17) is 15.2 Å². The van der Waals surface area contributed by atoms with Crippen LogP contribution in [0, 0.1) is 0 Å². The van der Waals surface area contributed by atoms with E-state index >= 15 is 0 Å². The van der Waals surface area contributed by atoms with Gasteiger partial charge in [0.1, 0.15) is 11.4 Å². The summed E-state index contributed by atoms with van der Waals surface area (Å²) in [5.74, 6) is 0.645. The Labute approximate surface area is 186 Å². The Balaban J connectivity index is 0.000000409. The molecule has 0 atom stereocenters. The highest BCUT2D eigenvalue weighted by Gasteiger charge is 2.14. The predicted molar refractivity (Wildman–Crippen MR) is 123 cm³/mol. The van der Waals surface area contributed by atoms with Gasteiger partial charge in [-0.2, -0.15) is 0 Å². The predicted octanol–water partition coefficient (Wildman–Crippen LogP) is 5.62. The molecule has 6 nitrogen and oxygen atoms in total. The number of aryl methyl sites for hydroxylation is 1. The van der Waals surface area contributed by atoms with E-state index in [0.29, 0.717) is 11.4 Å². The first-order chi connectivity index (χ1) is 14.7. The van der Waals surface area contributed by atoms with Gasteiger partial charge in [-0.05, 0) is 69.7 Å². The Morgan fingerprint density at radius 1 is 1.00 bits per heavy atom. The number of rotatable bonds is 3. The van der Waals surface area contributed by atoms with Crippen LogP contribution in [-0.2, 0) is 22.4 Å². The summed E-state index contributed by atoms with van der Waals surface area (Å²) in [6.07, 6.45) is 7.30. The third-order valence-electron chi connectivity index (χ3n) is 4.29. The molecule has 1 amide bonds. The maximum atomic E-state index is 11.0. The van der Waals surface area contributed by atoms with Crippen molar-refractivity contribution >= 4 is 11.9 Å². The molecule has 6 heteroatoms. The summed E-state index contributed by atoms with van der Waals surface area (Å²) in [5.41, 5.74) is 7.92. The maximum absolute atomic E-state index is 11.0. The Bertz CT molecular complexity index is 840. The average molecular weight is 429 g/mol. The molecule has 2 N–H and O–H groups in total. The van der Waals surface area contributed by atoms with Crippen molar-refractivity contribution in [3.63, 3.8) is 0 Å². The molecule has 3 rings (SSSR count). The molecule has 170 valence electrons. The summed E-state index contributed by atoms with van der Waals surface area (Å²) in [7, 11) is 0. The second-order valence-corrected chi connectivity index (χ2v) is 8.01. The van der Waals surface area contributed by atoms with Crippen LogP contribution in [-0.4, -0.2) is 22.5 Å². The molecule has 0 saturated heterocycles. The summed E-state index contributed by atoms with van der Waals surface area (Å²) in [5, 5.41) is 0. The lowest BCUT2D eigenvalue weighted by atomic mass is 10.0. The summed E-state index contributed by atoms with van der Waals surface area (Å²) in [6.45, 7) is 10.9. The number of hydrogen-bond acceptors (Lipinski definition) is 5. The average Bonchev–Trinajstić information content (AvgIpc) is 2.95. The number of primary amides is 1. The lowest BCUT2D eigenvalue weighted by Gasteiger charge is -2.17. The van der Waals surface area contributed by atoms with Crippen molar-refractivity contribution in [2.45, 2.75) is 79.2 Å². The Morgan fingerprint density at radius 2 is 1.68 bits per heavy atom. The zero-order chi connectivity index (χ0) is 23.4. The van der Waals surface area contributed by atoms with E-state index in [1.54, 1.807) is 12.1 Å². The number of nitrogens with two attached hydrogens (primary N) is 1. The fourth-order valence-electron chi connectivity index (χ4n) is 3.15. The summed E-state index contributed by atoms with van der Waals surface area (Å²) in [6, 6.07) is 9.49. The number of benzene rings is 1. The number of pyridine rings is 1. The van der Waals surface area contributed by atoms with Crippen LogP contribution in [0.2, 0.25) is 0 Å². The highest BCUT2D eigenvalue weighted by atomic mass is 16.6. The first kappa shape index (κ1) is 26.1. The number of ether oxygens (including phenoxy) is 2. The van der Waals surface area contributed by atoms with Crippen LogP contribution < -0.4 is 10.5 Å². The second-order valence-electron chi connectivity index (χ2n) is 8.01. The van der Waals surface area contributed by atoms with Crippen LogP contribution in [0.3, 0.4) is 0 Å². The van der Waals surface area contributed by atoms with Gasteiger partial charge in [0.2, 0.25) is 11.8 Å². The lowest BCUT2D eigenvalue weighted by Crippen LogP contribution is -2.21. The first-order valence-corrected chi connectivity index (χ1v) is 10.9. The molecular weight excluding hydrogens is 392 g/mol. The summed E-state index contributed by atoms with van der Waals surface area (Å²) >= 11 is 0. The van der Waals surface area contributed by atoms with Crippen molar-refractivity contribution in [1.82, 2.24) is 4.98 Å². The van der Waals surface area contributed by atoms with Gasteiger partial charge >= 0.3 is 5.97 Å². The van der Waals surface area contributed by atoms with E-state index in [9.17, 15) is 9.59 Å². The first-order valence-electron chi connectivity index (χ1n) is 10.9. The summed E-state index contributed by atoms with van der Waals surface area (Å²) < 4.78 is 10.7. The quantitative estimate of drug-likeness (QED) is 0.506. The molecule has 0 unspecified atom stereocenters. The molecule has 1 aliphatic rings. The second kappa shape index (κ2) is 12.7. The van der Waals surface area contributed by atoms with Gasteiger partial charge in [0.15, 0.2) is 0 Å². The molecule has 31 heavy (non-hydrogen) atoms. The number of carbonyl (C=O) groups excluding carboxylic acids is 2. The molecule has 0 spiro atoms. The molecular formula is C25H36N2O4. The molecule has 0 saturated carbocycles. The van der Waals surface area contributed by atoms with Crippen molar-refractivity contribution in [1.29, 1.82) is 0 Å². The third-order valence-corrected chi connectivity index (χ3v) is 4.29. The van der Waals surface area contributed by atoms with Crippen LogP contribution in [0.25, 0.3) is 0 Å². The van der Waals surface area contributed by atoms with Crippen molar-refractivity contribution in [2.75, 3.05) is 0 Å². The van der Waals surface area contributed by atoms with Crippen LogP contribution in [0.15, 0.2) is 36.5 Å². The van der Waals surface area contributed by atoms with Gasteiger partial charge in [0.25, 0.3) is 0 Å². The SMILES string of the molecule is CC.CC(=O)OC(C)(C)C.NC(=O)c1ccc(Oc2cccc3c2CCCCC3)nc1. The number of aromatic nitrogens is 1. The molecule has 1 aromatic carbocycles. The van der Waals surface area contributed by atoms with Crippen LogP contribution in [0.5, 0.6) is 11.6 Å². The number of hydrogen-bond donors (Lipinski definition) is 1. The van der Waals surface area contributed by atoms with Crippen LogP contribution in [0.1, 0.15) is 82.3 Å². The van der Waals surface area contributed by atoms with Gasteiger partial charge < -0.3 is 15.2 Å². The number of fused-ring (bicyclic) bond motifs is 1. The number of carbonyl (C=O) groups is 2. The Kier molecular flexibility index (Phi) is 10.7. The van der Waals surface area contributed by atoms with Crippen LogP contribution >= 0.6 is 0 Å². The molecule has 0 radical (unpaired) electrons. The van der Waals surface area contributed by atoms with E-state index in [-0.39, 0.29) is 11.6 Å². The minimum absolute atomic E-state index is 0.225. The van der Waals surface area contributed by atoms with Crippen molar-refractivity contribution in [3.8, 4) is 11.6 Å².